The van der Waals surface area contributed by atoms with Crippen molar-refractivity contribution in [1.82, 2.24) is 15.3 Å². The van der Waals surface area contributed by atoms with Crippen molar-refractivity contribution >= 4 is 11.0 Å². The van der Waals surface area contributed by atoms with Crippen molar-refractivity contribution < 1.29 is 0 Å². The molecule has 1 saturated heterocycles. The van der Waals surface area contributed by atoms with E-state index in [0.717, 1.165) is 30.1 Å². The third-order valence-corrected chi connectivity index (χ3v) is 4.07. The molecule has 0 atom stereocenters. The number of aryl methyl sites for hydroxylation is 1. The second-order valence-corrected chi connectivity index (χ2v) is 5.68. The van der Waals surface area contributed by atoms with E-state index in [0.29, 0.717) is 0 Å². The third kappa shape index (κ3) is 2.98. The molecule has 1 aliphatic heterocycles. The van der Waals surface area contributed by atoms with E-state index in [9.17, 15) is 0 Å². The number of hydrogen-bond acceptors (Lipinski definition) is 2. The summed E-state index contributed by atoms with van der Waals surface area (Å²) in [6.07, 6.45) is 6.00. The van der Waals surface area contributed by atoms with E-state index >= 15 is 0 Å². The summed E-state index contributed by atoms with van der Waals surface area (Å²) in [5.41, 5.74) is 3.76. The quantitative estimate of drug-likeness (QED) is 0.884. The number of fused-ring (bicyclic) bond motifs is 1. The molecular formula is C16H23N3. The number of hydrogen-bond donors (Lipinski definition) is 2. The van der Waals surface area contributed by atoms with E-state index in [2.05, 4.69) is 40.4 Å². The number of H-pyrrole nitrogens is 1. The Morgan fingerprint density at radius 2 is 2.11 bits per heavy atom. The zero-order chi connectivity index (χ0) is 13.1. The summed E-state index contributed by atoms with van der Waals surface area (Å²) in [6, 6.07) is 6.71. The maximum atomic E-state index is 4.62. The highest BCUT2D eigenvalue weighted by Gasteiger charge is 2.14. The van der Waals surface area contributed by atoms with Gasteiger partial charge in [0.1, 0.15) is 5.82 Å². The predicted molar refractivity (Wildman–Crippen MR) is 79.4 cm³/mol. The monoisotopic (exact) mass is 257 g/mol. The zero-order valence-corrected chi connectivity index (χ0v) is 11.7. The number of aromatic amines is 1. The minimum atomic E-state index is 0.844. The lowest BCUT2D eigenvalue weighted by Crippen LogP contribution is -2.28. The molecule has 3 heteroatoms. The van der Waals surface area contributed by atoms with Crippen molar-refractivity contribution in [2.75, 3.05) is 13.1 Å². The maximum absolute atomic E-state index is 4.62. The highest BCUT2D eigenvalue weighted by atomic mass is 14.9. The molecule has 1 fully saturated rings. The summed E-state index contributed by atoms with van der Waals surface area (Å²) in [6.45, 7) is 4.55. The predicted octanol–water partition coefficient (Wildman–Crippen LogP) is 3.06. The summed E-state index contributed by atoms with van der Waals surface area (Å²) in [4.78, 5) is 8.08. The second-order valence-electron chi connectivity index (χ2n) is 5.68. The lowest BCUT2D eigenvalue weighted by atomic mass is 9.91. The first-order chi connectivity index (χ1) is 9.35. The standard InChI is InChI=1S/C16H23N3/c1-2-3-16-18-14-5-4-13(11-15(14)19-16)10-12-6-8-17-9-7-12/h4-5,11-12,17H,2-3,6-10H2,1H3,(H,18,19). The molecule has 19 heavy (non-hydrogen) atoms. The van der Waals surface area contributed by atoms with Crippen LogP contribution in [0, 0.1) is 5.92 Å². The van der Waals surface area contributed by atoms with Crippen LogP contribution in [0.15, 0.2) is 18.2 Å². The molecule has 2 N–H and O–H groups in total. The van der Waals surface area contributed by atoms with E-state index in [-0.39, 0.29) is 0 Å². The van der Waals surface area contributed by atoms with Gasteiger partial charge in [-0.3, -0.25) is 0 Å². The van der Waals surface area contributed by atoms with Crippen LogP contribution in [-0.4, -0.2) is 23.1 Å². The first-order valence-corrected chi connectivity index (χ1v) is 7.53. The van der Waals surface area contributed by atoms with E-state index in [1.54, 1.807) is 0 Å². The van der Waals surface area contributed by atoms with Gasteiger partial charge >= 0.3 is 0 Å². The lowest BCUT2D eigenvalue weighted by Gasteiger charge is -2.22. The van der Waals surface area contributed by atoms with Gasteiger partial charge in [0.25, 0.3) is 0 Å². The minimum Gasteiger partial charge on any atom is -0.342 e. The topological polar surface area (TPSA) is 40.7 Å². The van der Waals surface area contributed by atoms with Crippen molar-refractivity contribution in [3.05, 3.63) is 29.6 Å². The van der Waals surface area contributed by atoms with Crippen LogP contribution < -0.4 is 5.32 Å². The number of aromatic nitrogens is 2. The van der Waals surface area contributed by atoms with Crippen molar-refractivity contribution in [3.8, 4) is 0 Å². The van der Waals surface area contributed by atoms with Crippen molar-refractivity contribution in [2.45, 2.75) is 39.0 Å². The fourth-order valence-corrected chi connectivity index (χ4v) is 3.01. The molecule has 3 rings (SSSR count). The second kappa shape index (κ2) is 5.74. The normalized spacial score (nSPS) is 17.1. The maximum Gasteiger partial charge on any atom is 0.107 e. The average molecular weight is 257 g/mol. The van der Waals surface area contributed by atoms with Gasteiger partial charge in [0.2, 0.25) is 0 Å². The van der Waals surface area contributed by atoms with Gasteiger partial charge in [-0.15, -0.1) is 0 Å². The van der Waals surface area contributed by atoms with Crippen LogP contribution in [-0.2, 0) is 12.8 Å². The molecule has 0 radical (unpaired) electrons. The highest BCUT2D eigenvalue weighted by Crippen LogP contribution is 2.21. The Morgan fingerprint density at radius 3 is 2.89 bits per heavy atom. The largest absolute Gasteiger partial charge is 0.342 e. The summed E-state index contributed by atoms with van der Waals surface area (Å²) in [5.74, 6) is 1.97. The first-order valence-electron chi connectivity index (χ1n) is 7.53. The molecule has 0 unspecified atom stereocenters. The van der Waals surface area contributed by atoms with E-state index in [1.807, 2.05) is 0 Å². The average Bonchev–Trinajstić information content (AvgIpc) is 2.82. The third-order valence-electron chi connectivity index (χ3n) is 4.07. The molecule has 1 aliphatic rings. The SMILES string of the molecule is CCCc1nc2ccc(CC3CCNCC3)cc2[nH]1. The molecule has 102 valence electrons. The number of nitrogens with one attached hydrogen (secondary N) is 2. The molecule has 2 heterocycles. The summed E-state index contributed by atoms with van der Waals surface area (Å²) < 4.78 is 0. The van der Waals surface area contributed by atoms with Crippen LogP contribution in [0.25, 0.3) is 11.0 Å². The molecule has 0 amide bonds. The summed E-state index contributed by atoms with van der Waals surface area (Å²) in [5, 5.41) is 3.43. The molecular weight excluding hydrogens is 234 g/mol. The molecule has 1 aromatic carbocycles. The Labute approximate surface area is 114 Å². The minimum absolute atomic E-state index is 0.844. The van der Waals surface area contributed by atoms with Crippen LogP contribution >= 0.6 is 0 Å². The number of rotatable bonds is 4. The van der Waals surface area contributed by atoms with Crippen LogP contribution in [0.1, 0.15) is 37.6 Å². The number of benzene rings is 1. The summed E-state index contributed by atoms with van der Waals surface area (Å²) >= 11 is 0. The van der Waals surface area contributed by atoms with Crippen LogP contribution in [0.4, 0.5) is 0 Å². The first kappa shape index (κ1) is 12.7. The Bertz CT molecular complexity index is 538. The van der Waals surface area contributed by atoms with Gasteiger partial charge in [0.05, 0.1) is 11.0 Å². The van der Waals surface area contributed by atoms with Gasteiger partial charge in [-0.2, -0.15) is 0 Å². The molecule has 0 bridgehead atoms. The van der Waals surface area contributed by atoms with Gasteiger partial charge in [-0.25, -0.2) is 4.98 Å². The van der Waals surface area contributed by atoms with Gasteiger partial charge in [0, 0.05) is 6.42 Å². The van der Waals surface area contributed by atoms with E-state index < -0.39 is 0 Å². The number of imidazole rings is 1. The molecule has 0 spiro atoms. The van der Waals surface area contributed by atoms with Gasteiger partial charge < -0.3 is 10.3 Å². The Hall–Kier alpha value is -1.35. The van der Waals surface area contributed by atoms with Gasteiger partial charge in [0.15, 0.2) is 0 Å². The Morgan fingerprint density at radius 1 is 1.26 bits per heavy atom. The molecule has 0 saturated carbocycles. The van der Waals surface area contributed by atoms with Crippen LogP contribution in [0.3, 0.4) is 0 Å². The fourth-order valence-electron chi connectivity index (χ4n) is 3.01. The number of nitrogens with zero attached hydrogens (tertiary/aromatic N) is 1. The molecule has 0 aliphatic carbocycles. The molecule has 2 aromatic rings. The van der Waals surface area contributed by atoms with Crippen molar-refractivity contribution in [3.63, 3.8) is 0 Å². The lowest BCUT2D eigenvalue weighted by molar-refractivity contribution is 0.373. The smallest absolute Gasteiger partial charge is 0.107 e. The van der Waals surface area contributed by atoms with E-state index in [4.69, 9.17) is 0 Å². The Kier molecular flexibility index (Phi) is 3.83. The molecule has 3 nitrogen and oxygen atoms in total. The van der Waals surface area contributed by atoms with E-state index in [1.165, 1.54) is 43.4 Å². The zero-order valence-electron chi connectivity index (χ0n) is 11.7. The highest BCUT2D eigenvalue weighted by molar-refractivity contribution is 5.75. The van der Waals surface area contributed by atoms with Crippen molar-refractivity contribution in [2.24, 2.45) is 5.92 Å². The van der Waals surface area contributed by atoms with Crippen LogP contribution in [0.2, 0.25) is 0 Å². The van der Waals surface area contributed by atoms with Gasteiger partial charge in [-0.05, 0) is 62.4 Å². The van der Waals surface area contributed by atoms with Crippen molar-refractivity contribution in [1.29, 1.82) is 0 Å². The number of piperidine rings is 1. The Balaban J connectivity index is 1.76. The molecule has 1 aromatic heterocycles. The van der Waals surface area contributed by atoms with Gasteiger partial charge in [-0.1, -0.05) is 13.0 Å². The fraction of sp³-hybridized carbons (Fsp3) is 0.562. The summed E-state index contributed by atoms with van der Waals surface area (Å²) in [7, 11) is 0. The van der Waals surface area contributed by atoms with Crippen LogP contribution in [0.5, 0.6) is 0 Å².